The van der Waals surface area contributed by atoms with Crippen LogP contribution in [-0.2, 0) is 21.3 Å². The molecule has 0 amide bonds. The molecule has 0 aliphatic carbocycles. The standard InChI is InChI=1S/C19H22ClNO6S/c1-4-26-17-9-6-13(10-18(17)27-5-2)12-21-28(23,24)14-7-8-16(20)15(11-14)19(22)25-3/h6-11,21H,4-5,12H2,1-3H3. The quantitative estimate of drug-likeness (QED) is 0.617. The molecule has 0 saturated heterocycles. The third-order valence-corrected chi connectivity index (χ3v) is 5.46. The number of hydrogen-bond donors (Lipinski definition) is 1. The van der Waals surface area contributed by atoms with Gasteiger partial charge in [-0.05, 0) is 49.7 Å². The topological polar surface area (TPSA) is 90.9 Å². The molecule has 7 nitrogen and oxygen atoms in total. The van der Waals surface area contributed by atoms with Gasteiger partial charge in [-0.3, -0.25) is 0 Å². The number of benzene rings is 2. The molecule has 0 aromatic heterocycles. The van der Waals surface area contributed by atoms with E-state index in [1.54, 1.807) is 18.2 Å². The van der Waals surface area contributed by atoms with Gasteiger partial charge >= 0.3 is 5.97 Å². The molecule has 1 N–H and O–H groups in total. The smallest absolute Gasteiger partial charge is 0.339 e. The first kappa shape index (κ1) is 22.0. The molecular formula is C19H22ClNO6S. The van der Waals surface area contributed by atoms with Gasteiger partial charge in [0.05, 0.1) is 35.8 Å². The number of esters is 1. The van der Waals surface area contributed by atoms with E-state index in [9.17, 15) is 13.2 Å². The van der Waals surface area contributed by atoms with Crippen molar-refractivity contribution in [1.29, 1.82) is 0 Å². The number of nitrogens with one attached hydrogen (secondary N) is 1. The lowest BCUT2D eigenvalue weighted by Gasteiger charge is -2.13. The molecular weight excluding hydrogens is 406 g/mol. The Hall–Kier alpha value is -2.29. The van der Waals surface area contributed by atoms with E-state index in [2.05, 4.69) is 9.46 Å². The van der Waals surface area contributed by atoms with Crippen LogP contribution in [0.15, 0.2) is 41.3 Å². The highest BCUT2D eigenvalue weighted by molar-refractivity contribution is 7.89. The second-order valence-corrected chi connectivity index (χ2v) is 7.78. The van der Waals surface area contributed by atoms with Gasteiger partial charge in [0, 0.05) is 6.54 Å². The van der Waals surface area contributed by atoms with Crippen LogP contribution < -0.4 is 14.2 Å². The van der Waals surface area contributed by atoms with Gasteiger partial charge in [0.15, 0.2) is 11.5 Å². The highest BCUT2D eigenvalue weighted by atomic mass is 35.5. The minimum atomic E-state index is -3.87. The van der Waals surface area contributed by atoms with Crippen molar-refractivity contribution in [3.05, 3.63) is 52.5 Å². The number of rotatable bonds is 9. The monoisotopic (exact) mass is 427 g/mol. The second-order valence-electron chi connectivity index (χ2n) is 5.60. The zero-order chi connectivity index (χ0) is 20.7. The number of methoxy groups -OCH3 is 1. The normalized spacial score (nSPS) is 11.1. The summed E-state index contributed by atoms with van der Waals surface area (Å²) in [5.41, 5.74) is 0.671. The number of ether oxygens (including phenoxy) is 3. The number of carbonyl (C=O) groups is 1. The second kappa shape index (κ2) is 9.77. The molecule has 0 heterocycles. The van der Waals surface area contributed by atoms with Crippen LogP contribution in [0.5, 0.6) is 11.5 Å². The molecule has 0 radical (unpaired) electrons. The van der Waals surface area contributed by atoms with Crippen molar-refractivity contribution < 1.29 is 27.4 Å². The largest absolute Gasteiger partial charge is 0.490 e. The van der Waals surface area contributed by atoms with Gasteiger partial charge < -0.3 is 14.2 Å². The van der Waals surface area contributed by atoms with Crippen LogP contribution in [0.1, 0.15) is 29.8 Å². The third-order valence-electron chi connectivity index (χ3n) is 3.73. The van der Waals surface area contributed by atoms with E-state index in [-0.39, 0.29) is 22.0 Å². The molecule has 28 heavy (non-hydrogen) atoms. The van der Waals surface area contributed by atoms with Crippen LogP contribution in [0.3, 0.4) is 0 Å². The van der Waals surface area contributed by atoms with Crippen LogP contribution in [0, 0.1) is 0 Å². The first-order valence-electron chi connectivity index (χ1n) is 8.58. The highest BCUT2D eigenvalue weighted by Crippen LogP contribution is 2.29. The zero-order valence-electron chi connectivity index (χ0n) is 15.8. The van der Waals surface area contributed by atoms with Gasteiger partial charge in [0.2, 0.25) is 10.0 Å². The van der Waals surface area contributed by atoms with E-state index in [0.29, 0.717) is 30.3 Å². The lowest BCUT2D eigenvalue weighted by atomic mass is 10.2. The van der Waals surface area contributed by atoms with Crippen LogP contribution >= 0.6 is 11.6 Å². The Bertz CT molecular complexity index is 945. The molecule has 0 aliphatic rings. The van der Waals surface area contributed by atoms with Crippen LogP contribution in [-0.4, -0.2) is 34.7 Å². The third kappa shape index (κ3) is 5.37. The lowest BCUT2D eigenvalue weighted by Crippen LogP contribution is -2.23. The first-order chi connectivity index (χ1) is 13.3. The number of sulfonamides is 1. The first-order valence-corrected chi connectivity index (χ1v) is 10.4. The predicted octanol–water partition coefficient (Wildman–Crippen LogP) is 3.40. The van der Waals surface area contributed by atoms with Gasteiger partial charge in [-0.2, -0.15) is 0 Å². The highest BCUT2D eigenvalue weighted by Gasteiger charge is 2.19. The fourth-order valence-corrected chi connectivity index (χ4v) is 3.64. The van der Waals surface area contributed by atoms with E-state index >= 15 is 0 Å². The number of hydrogen-bond acceptors (Lipinski definition) is 6. The number of carbonyl (C=O) groups excluding carboxylic acids is 1. The van der Waals surface area contributed by atoms with Gasteiger partial charge in [0.1, 0.15) is 0 Å². The van der Waals surface area contributed by atoms with Crippen molar-refractivity contribution in [2.75, 3.05) is 20.3 Å². The van der Waals surface area contributed by atoms with Gasteiger partial charge in [-0.1, -0.05) is 17.7 Å². The molecule has 0 spiro atoms. The average Bonchev–Trinajstić information content (AvgIpc) is 2.68. The number of halogens is 1. The summed E-state index contributed by atoms with van der Waals surface area (Å²) in [5.74, 6) is 0.423. The Labute approximate surface area is 169 Å². The minimum Gasteiger partial charge on any atom is -0.490 e. The summed E-state index contributed by atoms with van der Waals surface area (Å²) in [6.45, 7) is 4.70. The molecule has 0 unspecified atom stereocenters. The predicted molar refractivity (Wildman–Crippen MR) is 106 cm³/mol. The van der Waals surface area contributed by atoms with E-state index in [0.717, 1.165) is 0 Å². The Morgan fingerprint density at radius 3 is 2.36 bits per heavy atom. The van der Waals surface area contributed by atoms with Gasteiger partial charge in [-0.15, -0.1) is 0 Å². The minimum absolute atomic E-state index is 0.0215. The van der Waals surface area contributed by atoms with E-state index in [1.807, 2.05) is 13.8 Å². The molecule has 2 rings (SSSR count). The van der Waals surface area contributed by atoms with Gasteiger partial charge in [-0.25, -0.2) is 17.9 Å². The van der Waals surface area contributed by atoms with Crippen molar-refractivity contribution in [3.63, 3.8) is 0 Å². The van der Waals surface area contributed by atoms with Crippen molar-refractivity contribution in [2.45, 2.75) is 25.3 Å². The maximum atomic E-state index is 12.6. The summed E-state index contributed by atoms with van der Waals surface area (Å²) in [6.07, 6.45) is 0. The van der Waals surface area contributed by atoms with Crippen molar-refractivity contribution in [1.82, 2.24) is 4.72 Å². The summed E-state index contributed by atoms with van der Waals surface area (Å²) < 4.78 is 43.4. The lowest BCUT2D eigenvalue weighted by molar-refractivity contribution is 0.0600. The molecule has 0 aliphatic heterocycles. The molecule has 2 aromatic rings. The van der Waals surface area contributed by atoms with E-state index in [4.69, 9.17) is 21.1 Å². The summed E-state index contributed by atoms with van der Waals surface area (Å²) in [4.78, 5) is 11.6. The van der Waals surface area contributed by atoms with Crippen LogP contribution in [0.4, 0.5) is 0 Å². The molecule has 0 bridgehead atoms. The van der Waals surface area contributed by atoms with E-state index < -0.39 is 16.0 Å². The summed E-state index contributed by atoms with van der Waals surface area (Å²) >= 11 is 5.94. The maximum absolute atomic E-state index is 12.6. The molecule has 0 fully saturated rings. The maximum Gasteiger partial charge on any atom is 0.339 e. The van der Waals surface area contributed by atoms with Crippen molar-refractivity contribution >= 4 is 27.6 Å². The fraction of sp³-hybridized carbons (Fsp3) is 0.316. The molecule has 0 saturated carbocycles. The Kier molecular flexibility index (Phi) is 7.68. The zero-order valence-corrected chi connectivity index (χ0v) is 17.4. The van der Waals surface area contributed by atoms with Crippen LogP contribution in [0.2, 0.25) is 5.02 Å². The molecule has 2 aromatic carbocycles. The molecule has 9 heteroatoms. The molecule has 0 atom stereocenters. The molecule has 152 valence electrons. The van der Waals surface area contributed by atoms with Crippen molar-refractivity contribution in [3.8, 4) is 11.5 Å². The van der Waals surface area contributed by atoms with Crippen LogP contribution in [0.25, 0.3) is 0 Å². The SMILES string of the molecule is CCOc1ccc(CNS(=O)(=O)c2ccc(Cl)c(C(=O)OC)c2)cc1OCC. The Balaban J connectivity index is 2.21. The van der Waals surface area contributed by atoms with E-state index in [1.165, 1.54) is 25.3 Å². The van der Waals surface area contributed by atoms with Crippen molar-refractivity contribution in [2.24, 2.45) is 0 Å². The average molecular weight is 428 g/mol. The summed E-state index contributed by atoms with van der Waals surface area (Å²) in [5, 5.41) is 0.110. The van der Waals surface area contributed by atoms with Gasteiger partial charge in [0.25, 0.3) is 0 Å². The Morgan fingerprint density at radius 1 is 1.04 bits per heavy atom. The Morgan fingerprint density at radius 2 is 1.71 bits per heavy atom. The fourth-order valence-electron chi connectivity index (χ4n) is 2.41. The summed E-state index contributed by atoms with van der Waals surface area (Å²) in [7, 11) is -2.68. The summed E-state index contributed by atoms with van der Waals surface area (Å²) in [6, 6.07) is 9.04.